The summed E-state index contributed by atoms with van der Waals surface area (Å²) < 4.78 is 19.2. The lowest BCUT2D eigenvalue weighted by Gasteiger charge is -2.61. The van der Waals surface area contributed by atoms with Crippen molar-refractivity contribution in [2.45, 2.75) is 83.9 Å². The van der Waals surface area contributed by atoms with E-state index < -0.39 is 11.9 Å². The maximum absolute atomic E-state index is 11.3. The normalized spacial score (nSPS) is 49.2. The lowest BCUT2D eigenvalue weighted by Crippen LogP contribution is -2.65. The molecule has 4 nitrogen and oxygen atoms in total. The van der Waals surface area contributed by atoms with E-state index >= 15 is 0 Å². The first-order valence-corrected chi connectivity index (χ1v) is 10.9. The van der Waals surface area contributed by atoms with Crippen LogP contribution in [0.2, 0.25) is 0 Å². The summed E-state index contributed by atoms with van der Waals surface area (Å²) in [7, 11) is 1.74. The number of hydrogen-bond acceptors (Lipinski definition) is 4. The Morgan fingerprint density at radius 1 is 1.18 bits per heavy atom. The Hall–Kier alpha value is -1.10. The van der Waals surface area contributed by atoms with Crippen LogP contribution in [0.1, 0.15) is 63.6 Å². The van der Waals surface area contributed by atoms with Gasteiger partial charge in [0.1, 0.15) is 17.5 Å². The highest BCUT2D eigenvalue weighted by molar-refractivity contribution is 5.50. The quantitative estimate of drug-likeness (QED) is 0.780. The van der Waals surface area contributed by atoms with Crippen molar-refractivity contribution in [2.24, 2.45) is 23.2 Å². The molecule has 154 valence electrons. The van der Waals surface area contributed by atoms with Crippen LogP contribution >= 0.6 is 0 Å². The molecule has 1 spiro atoms. The van der Waals surface area contributed by atoms with Crippen LogP contribution in [0.3, 0.4) is 0 Å². The number of aliphatic hydroxyl groups excluding tert-OH is 1. The van der Waals surface area contributed by atoms with Gasteiger partial charge in [0, 0.05) is 17.3 Å². The Bertz CT molecular complexity index is 821. The van der Waals surface area contributed by atoms with Gasteiger partial charge in [-0.05, 0) is 68.2 Å². The van der Waals surface area contributed by atoms with Crippen molar-refractivity contribution in [3.05, 3.63) is 28.8 Å². The van der Waals surface area contributed by atoms with Crippen molar-refractivity contribution in [1.29, 1.82) is 0 Å². The SMILES string of the molecule is COc1ccc2c(c1C)CC[C@]1(C)[C@@H]3CC[C@]21O[C@@]1(OC(C)[C@@H](C)[C@H]1O)[C@H]3C. The Morgan fingerprint density at radius 2 is 1.93 bits per heavy atom. The molecule has 1 aromatic carbocycles. The lowest BCUT2D eigenvalue weighted by atomic mass is 9.55. The second-order valence-corrected chi connectivity index (χ2v) is 10.0. The van der Waals surface area contributed by atoms with Crippen LogP contribution in [0.5, 0.6) is 5.75 Å². The second kappa shape index (κ2) is 5.74. The summed E-state index contributed by atoms with van der Waals surface area (Å²) >= 11 is 0. The van der Waals surface area contributed by atoms with Gasteiger partial charge in [-0.15, -0.1) is 0 Å². The summed E-state index contributed by atoms with van der Waals surface area (Å²) in [6, 6.07) is 4.31. The Kier molecular flexibility index (Phi) is 3.87. The topological polar surface area (TPSA) is 47.9 Å². The first-order chi connectivity index (χ1) is 13.2. The molecule has 2 saturated heterocycles. The summed E-state index contributed by atoms with van der Waals surface area (Å²) in [4.78, 5) is 0. The van der Waals surface area contributed by atoms with Gasteiger partial charge in [-0.1, -0.05) is 26.8 Å². The zero-order valence-electron chi connectivity index (χ0n) is 18.0. The van der Waals surface area contributed by atoms with E-state index in [1.165, 1.54) is 16.7 Å². The maximum atomic E-state index is 11.3. The largest absolute Gasteiger partial charge is 0.496 e. The fraction of sp³-hybridized carbons (Fsp3) is 0.750. The van der Waals surface area contributed by atoms with Crippen LogP contribution in [-0.2, 0) is 21.5 Å². The van der Waals surface area contributed by atoms with Gasteiger partial charge in [0.2, 0.25) is 0 Å². The third-order valence-corrected chi connectivity index (χ3v) is 9.24. The molecule has 2 heterocycles. The standard InChI is InChI=1S/C24H34O4/c1-13-16(4)27-24(21(13)25)15(3)18-10-12-23(28-24)19-7-8-20(26-6)14(2)17(19)9-11-22(18,23)5/h7-8,13,15-16,18,21,25H,9-12H2,1-6H3/t13-,15+,16?,18-,21-,22-,23+,24+/m1/s1. The van der Waals surface area contributed by atoms with Gasteiger partial charge in [-0.2, -0.15) is 0 Å². The Labute approximate surface area is 168 Å². The maximum Gasteiger partial charge on any atom is 0.198 e. The summed E-state index contributed by atoms with van der Waals surface area (Å²) in [5.41, 5.74) is 3.58. The van der Waals surface area contributed by atoms with Crippen molar-refractivity contribution in [1.82, 2.24) is 0 Å². The summed E-state index contributed by atoms with van der Waals surface area (Å²) in [6.07, 6.45) is 3.70. The molecular formula is C24H34O4. The van der Waals surface area contributed by atoms with Gasteiger partial charge < -0.3 is 19.3 Å². The molecule has 2 bridgehead atoms. The number of hydrogen-bond donors (Lipinski definition) is 1. The molecule has 1 N–H and O–H groups in total. The minimum atomic E-state index is -0.901. The number of ether oxygens (including phenoxy) is 3. The van der Waals surface area contributed by atoms with Crippen molar-refractivity contribution >= 4 is 0 Å². The van der Waals surface area contributed by atoms with E-state index in [1.807, 2.05) is 0 Å². The van der Waals surface area contributed by atoms with E-state index in [4.69, 9.17) is 14.2 Å². The molecule has 5 rings (SSSR count). The van der Waals surface area contributed by atoms with Crippen LogP contribution in [0, 0.1) is 30.1 Å². The van der Waals surface area contributed by atoms with E-state index in [-0.39, 0.29) is 29.0 Å². The molecule has 0 aromatic heterocycles. The monoisotopic (exact) mass is 386 g/mol. The fourth-order valence-corrected chi connectivity index (χ4v) is 7.36. The van der Waals surface area contributed by atoms with Crippen molar-refractivity contribution in [3.63, 3.8) is 0 Å². The minimum Gasteiger partial charge on any atom is -0.496 e. The first-order valence-electron chi connectivity index (χ1n) is 10.9. The third kappa shape index (κ3) is 1.93. The van der Waals surface area contributed by atoms with Crippen LogP contribution in [0.4, 0.5) is 0 Å². The average Bonchev–Trinajstić information content (AvgIpc) is 3.02. The average molecular weight is 387 g/mol. The van der Waals surface area contributed by atoms with E-state index in [2.05, 4.69) is 46.8 Å². The number of rotatable bonds is 1. The highest BCUT2D eigenvalue weighted by Gasteiger charge is 2.74. The minimum absolute atomic E-state index is 0.00160. The predicted molar refractivity (Wildman–Crippen MR) is 107 cm³/mol. The van der Waals surface area contributed by atoms with E-state index in [9.17, 15) is 5.11 Å². The predicted octanol–water partition coefficient (Wildman–Crippen LogP) is 4.34. The second-order valence-electron chi connectivity index (χ2n) is 10.0. The lowest BCUT2D eigenvalue weighted by molar-refractivity contribution is -0.384. The molecule has 1 unspecified atom stereocenters. The van der Waals surface area contributed by atoms with E-state index in [1.54, 1.807) is 7.11 Å². The van der Waals surface area contributed by atoms with Gasteiger partial charge in [0.15, 0.2) is 5.79 Å². The molecule has 2 aliphatic carbocycles. The summed E-state index contributed by atoms with van der Waals surface area (Å²) in [5, 5.41) is 11.3. The van der Waals surface area contributed by atoms with Gasteiger partial charge in [0.05, 0.1) is 13.2 Å². The van der Waals surface area contributed by atoms with E-state index in [0.717, 1.165) is 31.4 Å². The van der Waals surface area contributed by atoms with Crippen molar-refractivity contribution in [2.75, 3.05) is 7.11 Å². The molecule has 28 heavy (non-hydrogen) atoms. The molecule has 3 fully saturated rings. The highest BCUT2D eigenvalue weighted by Crippen LogP contribution is 2.72. The number of fused-ring (bicyclic) bond motifs is 1. The van der Waals surface area contributed by atoms with Crippen LogP contribution in [-0.4, -0.2) is 30.2 Å². The zero-order valence-corrected chi connectivity index (χ0v) is 18.0. The van der Waals surface area contributed by atoms with Crippen LogP contribution in [0.15, 0.2) is 12.1 Å². The summed E-state index contributed by atoms with van der Waals surface area (Å²) in [6.45, 7) is 11.0. The first kappa shape index (κ1) is 18.9. The number of benzene rings is 1. The molecule has 1 saturated carbocycles. The molecule has 2 aliphatic heterocycles. The van der Waals surface area contributed by atoms with Gasteiger partial charge in [-0.3, -0.25) is 0 Å². The molecule has 0 amide bonds. The number of aliphatic hydroxyl groups is 1. The number of methoxy groups -OCH3 is 1. The Morgan fingerprint density at radius 3 is 2.57 bits per heavy atom. The van der Waals surface area contributed by atoms with Gasteiger partial charge in [0.25, 0.3) is 0 Å². The summed E-state index contributed by atoms with van der Waals surface area (Å²) in [5.74, 6) is 0.789. The van der Waals surface area contributed by atoms with Gasteiger partial charge >= 0.3 is 0 Å². The van der Waals surface area contributed by atoms with Crippen molar-refractivity contribution in [3.8, 4) is 5.75 Å². The smallest absolute Gasteiger partial charge is 0.198 e. The fourth-order valence-electron chi connectivity index (χ4n) is 7.36. The molecule has 8 atom stereocenters. The van der Waals surface area contributed by atoms with Crippen LogP contribution in [0.25, 0.3) is 0 Å². The molecule has 0 radical (unpaired) electrons. The molecular weight excluding hydrogens is 352 g/mol. The zero-order chi connectivity index (χ0) is 20.1. The van der Waals surface area contributed by atoms with Gasteiger partial charge in [-0.25, -0.2) is 0 Å². The van der Waals surface area contributed by atoms with Crippen molar-refractivity contribution < 1.29 is 19.3 Å². The molecule has 4 heteroatoms. The molecule has 4 aliphatic rings. The Balaban J connectivity index is 1.70. The van der Waals surface area contributed by atoms with E-state index in [0.29, 0.717) is 5.92 Å². The van der Waals surface area contributed by atoms with Crippen LogP contribution < -0.4 is 4.74 Å². The third-order valence-electron chi connectivity index (χ3n) is 9.24. The molecule has 1 aromatic rings. The highest BCUT2D eigenvalue weighted by atomic mass is 16.7.